The fourth-order valence-electron chi connectivity index (χ4n) is 2.54. The number of para-hydroxylation sites is 2. The molecule has 0 aliphatic carbocycles. The average Bonchev–Trinajstić information content (AvgIpc) is 2.97. The van der Waals surface area contributed by atoms with Crippen LogP contribution in [0.25, 0.3) is 0 Å². The van der Waals surface area contributed by atoms with Crippen LogP contribution in [-0.4, -0.2) is 38.5 Å². The van der Waals surface area contributed by atoms with E-state index in [1.807, 2.05) is 0 Å². The summed E-state index contributed by atoms with van der Waals surface area (Å²) in [7, 11) is 0. The molecule has 0 saturated carbocycles. The Morgan fingerprint density at radius 3 is 2.57 bits per heavy atom. The summed E-state index contributed by atoms with van der Waals surface area (Å²) in [6.45, 7) is 0. The number of benzene rings is 2. The highest BCUT2D eigenvalue weighted by Crippen LogP contribution is 2.33. The topological polar surface area (TPSA) is 125 Å². The van der Waals surface area contributed by atoms with Gasteiger partial charge in [-0.15, -0.1) is 5.10 Å². The quantitative estimate of drug-likeness (QED) is 0.453. The number of nitro benzene ring substituents is 1. The first kappa shape index (κ1) is 19.2. The van der Waals surface area contributed by atoms with Gasteiger partial charge in [-0.05, 0) is 18.2 Å². The number of nitrogens with zero attached hydrogens (tertiary/aromatic N) is 4. The number of aliphatic carboxylic acids is 1. The molecular formula is C18H14N4O5S. The summed E-state index contributed by atoms with van der Waals surface area (Å²) in [4.78, 5) is 35.5. The first-order valence-electron chi connectivity index (χ1n) is 8.09. The van der Waals surface area contributed by atoms with E-state index >= 15 is 0 Å². The zero-order valence-corrected chi connectivity index (χ0v) is 15.2. The van der Waals surface area contributed by atoms with E-state index in [1.54, 1.807) is 42.5 Å². The second-order valence-electron chi connectivity index (χ2n) is 5.66. The number of amides is 1. The number of hydrogen-bond acceptors (Lipinski definition) is 7. The highest BCUT2D eigenvalue weighted by Gasteiger charge is 2.40. The molecule has 1 N–H and O–H groups in total. The molecule has 142 valence electrons. The summed E-state index contributed by atoms with van der Waals surface area (Å²) in [6.07, 6.45) is 0.879. The van der Waals surface area contributed by atoms with Gasteiger partial charge in [-0.2, -0.15) is 5.10 Å². The maximum Gasteiger partial charge on any atom is 0.305 e. The van der Waals surface area contributed by atoms with Crippen molar-refractivity contribution < 1.29 is 19.6 Å². The van der Waals surface area contributed by atoms with Gasteiger partial charge in [0, 0.05) is 6.07 Å². The third-order valence-electron chi connectivity index (χ3n) is 3.78. The van der Waals surface area contributed by atoms with E-state index in [-0.39, 0.29) is 22.8 Å². The lowest BCUT2D eigenvalue weighted by molar-refractivity contribution is -0.385. The largest absolute Gasteiger partial charge is 0.481 e. The lowest BCUT2D eigenvalue weighted by atomic mass is 10.2. The number of amidine groups is 1. The van der Waals surface area contributed by atoms with Gasteiger partial charge >= 0.3 is 5.97 Å². The smallest absolute Gasteiger partial charge is 0.305 e. The Labute approximate surface area is 163 Å². The Hall–Kier alpha value is -3.53. The third kappa shape index (κ3) is 4.23. The Morgan fingerprint density at radius 1 is 1.21 bits per heavy atom. The molecule has 1 aliphatic heterocycles. The maximum atomic E-state index is 12.6. The molecule has 28 heavy (non-hydrogen) atoms. The van der Waals surface area contributed by atoms with Crippen LogP contribution in [0, 0.1) is 10.1 Å². The number of nitro groups is 1. The number of carboxylic acids is 1. The molecule has 1 saturated heterocycles. The second kappa shape index (κ2) is 8.44. The van der Waals surface area contributed by atoms with Crippen molar-refractivity contribution in [2.75, 3.05) is 4.90 Å². The molecule has 3 rings (SSSR count). The summed E-state index contributed by atoms with van der Waals surface area (Å²) >= 11 is 0.994. The van der Waals surface area contributed by atoms with Gasteiger partial charge in [0.2, 0.25) is 5.91 Å². The number of hydrogen-bond donors (Lipinski definition) is 1. The molecule has 9 nitrogen and oxygen atoms in total. The van der Waals surface area contributed by atoms with Crippen molar-refractivity contribution in [3.05, 3.63) is 70.3 Å². The highest BCUT2D eigenvalue weighted by atomic mass is 32.2. The van der Waals surface area contributed by atoms with E-state index in [0.717, 1.165) is 11.8 Å². The predicted molar refractivity (Wildman–Crippen MR) is 106 cm³/mol. The monoisotopic (exact) mass is 398 g/mol. The van der Waals surface area contributed by atoms with Gasteiger partial charge in [-0.1, -0.05) is 42.1 Å². The van der Waals surface area contributed by atoms with E-state index in [0.29, 0.717) is 5.69 Å². The SMILES string of the molecule is O=C(O)CC1S/C(=N\N=C\c2ccccc2[N+](=O)[O-])N(c2ccccc2)C1=O. The van der Waals surface area contributed by atoms with E-state index in [4.69, 9.17) is 5.11 Å². The van der Waals surface area contributed by atoms with E-state index in [9.17, 15) is 19.7 Å². The Bertz CT molecular complexity index is 977. The lowest BCUT2D eigenvalue weighted by Crippen LogP contribution is -2.32. The minimum atomic E-state index is -1.09. The van der Waals surface area contributed by atoms with E-state index in [2.05, 4.69) is 10.2 Å². The molecule has 2 aromatic carbocycles. The third-order valence-corrected chi connectivity index (χ3v) is 4.91. The van der Waals surface area contributed by atoms with Gasteiger partial charge in [0.1, 0.15) is 5.25 Å². The molecule has 1 aliphatic rings. The number of rotatable bonds is 6. The zero-order chi connectivity index (χ0) is 20.1. The summed E-state index contributed by atoms with van der Waals surface area (Å²) in [5.74, 6) is -1.50. The average molecular weight is 398 g/mol. The first-order chi connectivity index (χ1) is 13.5. The van der Waals surface area contributed by atoms with Gasteiger partial charge < -0.3 is 5.11 Å². The zero-order valence-electron chi connectivity index (χ0n) is 14.3. The molecule has 0 aromatic heterocycles. The van der Waals surface area contributed by atoms with Crippen LogP contribution < -0.4 is 4.90 Å². The van der Waals surface area contributed by atoms with Crippen LogP contribution in [-0.2, 0) is 9.59 Å². The molecule has 0 bridgehead atoms. The van der Waals surface area contributed by atoms with Gasteiger partial charge in [0.05, 0.1) is 28.8 Å². The van der Waals surface area contributed by atoms with E-state index in [1.165, 1.54) is 23.2 Å². The summed E-state index contributed by atoms with van der Waals surface area (Å²) in [5.41, 5.74) is 0.678. The molecule has 1 atom stereocenters. The Balaban J connectivity index is 1.92. The van der Waals surface area contributed by atoms with Gasteiger partial charge in [-0.3, -0.25) is 24.6 Å². The molecule has 1 heterocycles. The van der Waals surface area contributed by atoms with Crippen LogP contribution >= 0.6 is 11.8 Å². The summed E-state index contributed by atoms with van der Waals surface area (Å²) in [6, 6.07) is 14.7. The van der Waals surface area contributed by atoms with Crippen LogP contribution in [0.5, 0.6) is 0 Å². The fourth-order valence-corrected chi connectivity index (χ4v) is 3.62. The fraction of sp³-hybridized carbons (Fsp3) is 0.111. The van der Waals surface area contributed by atoms with Crippen LogP contribution in [0.1, 0.15) is 12.0 Å². The highest BCUT2D eigenvalue weighted by molar-refractivity contribution is 8.16. The molecule has 1 amide bonds. The maximum absolute atomic E-state index is 12.6. The van der Waals surface area contributed by atoms with Crippen LogP contribution in [0.4, 0.5) is 11.4 Å². The van der Waals surface area contributed by atoms with Crippen molar-refractivity contribution in [1.82, 2.24) is 0 Å². The molecule has 2 aromatic rings. The Kier molecular flexibility index (Phi) is 5.80. The van der Waals surface area contributed by atoms with Crippen LogP contribution in [0.2, 0.25) is 0 Å². The van der Waals surface area contributed by atoms with Crippen molar-refractivity contribution in [2.45, 2.75) is 11.7 Å². The van der Waals surface area contributed by atoms with Crippen molar-refractivity contribution >= 4 is 46.4 Å². The van der Waals surface area contributed by atoms with Crippen molar-refractivity contribution in [1.29, 1.82) is 0 Å². The van der Waals surface area contributed by atoms with Gasteiger partial charge in [0.25, 0.3) is 5.69 Å². The standard InChI is InChI=1S/C18H14N4O5S/c23-16(24)10-15-17(25)21(13-7-2-1-3-8-13)18(28-15)20-19-11-12-6-4-5-9-14(12)22(26)27/h1-9,11,15H,10H2,(H,23,24)/b19-11+,20-18-. The molecule has 10 heteroatoms. The predicted octanol–water partition coefficient (Wildman–Crippen LogP) is 2.91. The molecule has 1 fully saturated rings. The number of carboxylic acid groups (broad SMARTS) is 1. The van der Waals surface area contributed by atoms with E-state index < -0.39 is 22.0 Å². The number of thioether (sulfide) groups is 1. The summed E-state index contributed by atoms with van der Waals surface area (Å²) in [5, 5.41) is 27.4. The van der Waals surface area contributed by atoms with Gasteiger partial charge in [0.15, 0.2) is 5.17 Å². The number of carbonyl (C=O) groups excluding carboxylic acids is 1. The van der Waals surface area contributed by atoms with Crippen molar-refractivity contribution in [2.24, 2.45) is 10.2 Å². The normalized spacial score (nSPS) is 18.1. The first-order valence-corrected chi connectivity index (χ1v) is 8.97. The lowest BCUT2D eigenvalue weighted by Gasteiger charge is -2.15. The summed E-state index contributed by atoms with van der Waals surface area (Å²) < 4.78 is 0. The molecule has 0 spiro atoms. The number of anilines is 1. The minimum absolute atomic E-state index is 0.120. The van der Waals surface area contributed by atoms with Gasteiger partial charge in [-0.25, -0.2) is 0 Å². The van der Waals surface area contributed by atoms with Crippen LogP contribution in [0.15, 0.2) is 64.8 Å². The van der Waals surface area contributed by atoms with Crippen molar-refractivity contribution in [3.63, 3.8) is 0 Å². The minimum Gasteiger partial charge on any atom is -0.481 e. The van der Waals surface area contributed by atoms with Crippen LogP contribution in [0.3, 0.4) is 0 Å². The Morgan fingerprint density at radius 2 is 1.89 bits per heavy atom. The number of carbonyl (C=O) groups is 2. The molecule has 0 radical (unpaired) electrons. The van der Waals surface area contributed by atoms with Crippen molar-refractivity contribution in [3.8, 4) is 0 Å². The molecular weight excluding hydrogens is 384 g/mol. The second-order valence-corrected chi connectivity index (χ2v) is 6.83. The molecule has 1 unspecified atom stereocenters.